The smallest absolute Gasteiger partial charge is 0.291 e. The van der Waals surface area contributed by atoms with Crippen LogP contribution in [0.4, 0.5) is 11.4 Å². The van der Waals surface area contributed by atoms with E-state index in [1.165, 1.54) is 29.4 Å². The molecule has 1 unspecified atom stereocenters. The second kappa shape index (κ2) is 8.95. The van der Waals surface area contributed by atoms with Gasteiger partial charge in [-0.1, -0.05) is 0 Å². The van der Waals surface area contributed by atoms with Crippen molar-refractivity contribution in [1.29, 1.82) is 0 Å². The summed E-state index contributed by atoms with van der Waals surface area (Å²) < 4.78 is 10.6. The van der Waals surface area contributed by atoms with Crippen molar-refractivity contribution in [3.63, 3.8) is 0 Å². The van der Waals surface area contributed by atoms with Gasteiger partial charge in [0.2, 0.25) is 0 Å². The summed E-state index contributed by atoms with van der Waals surface area (Å²) >= 11 is 0. The molecule has 172 valence electrons. The Labute approximate surface area is 194 Å². The van der Waals surface area contributed by atoms with Crippen LogP contribution in [-0.4, -0.2) is 47.8 Å². The monoisotopic (exact) mass is 459 g/mol. The summed E-state index contributed by atoms with van der Waals surface area (Å²) in [6, 6.07) is 14.2. The van der Waals surface area contributed by atoms with E-state index in [-0.39, 0.29) is 46.9 Å². The Morgan fingerprint density at radius 3 is 2.26 bits per heavy atom. The van der Waals surface area contributed by atoms with Gasteiger partial charge in [0, 0.05) is 23.5 Å². The number of anilines is 2. The molecule has 1 saturated heterocycles. The molecule has 0 radical (unpaired) electrons. The minimum Gasteiger partial charge on any atom is -0.459 e. The average Bonchev–Trinajstić information content (AvgIpc) is 3.60. The van der Waals surface area contributed by atoms with Crippen LogP contribution in [0.3, 0.4) is 0 Å². The third-order valence-corrected chi connectivity index (χ3v) is 5.79. The Hall–Kier alpha value is -4.24. The highest BCUT2D eigenvalue weighted by Crippen LogP contribution is 2.26. The van der Waals surface area contributed by atoms with Crippen LogP contribution in [-0.2, 0) is 4.74 Å². The maximum Gasteiger partial charge on any atom is 0.291 e. The SMILES string of the molecule is O=C(Nc1ccc(NC(=O)c2ccco2)cc1)c1ccc2c(c1)C(=O)N(CC1CCCO1)C2=O. The molecule has 0 saturated carbocycles. The zero-order chi connectivity index (χ0) is 23.7. The number of hydrogen-bond acceptors (Lipinski definition) is 6. The van der Waals surface area contributed by atoms with Gasteiger partial charge in [-0.05, 0) is 67.4 Å². The van der Waals surface area contributed by atoms with E-state index in [1.807, 2.05) is 0 Å². The number of nitrogens with zero attached hydrogens (tertiary/aromatic N) is 1. The number of ether oxygens (including phenoxy) is 1. The van der Waals surface area contributed by atoms with Gasteiger partial charge in [-0.2, -0.15) is 0 Å². The van der Waals surface area contributed by atoms with Crippen molar-refractivity contribution in [2.45, 2.75) is 18.9 Å². The van der Waals surface area contributed by atoms with Crippen molar-refractivity contribution in [3.8, 4) is 0 Å². The van der Waals surface area contributed by atoms with Crippen LogP contribution in [0.5, 0.6) is 0 Å². The lowest BCUT2D eigenvalue weighted by Crippen LogP contribution is -2.36. The van der Waals surface area contributed by atoms with E-state index in [9.17, 15) is 19.2 Å². The van der Waals surface area contributed by atoms with Crippen molar-refractivity contribution in [2.24, 2.45) is 0 Å². The van der Waals surface area contributed by atoms with Gasteiger partial charge in [0.15, 0.2) is 5.76 Å². The fraction of sp³-hybridized carbons (Fsp3) is 0.200. The Morgan fingerprint density at radius 1 is 0.912 bits per heavy atom. The van der Waals surface area contributed by atoms with E-state index in [0.29, 0.717) is 18.0 Å². The number of amides is 4. The molecule has 0 spiro atoms. The molecule has 2 aliphatic rings. The zero-order valence-electron chi connectivity index (χ0n) is 18.1. The third kappa shape index (κ3) is 4.20. The topological polar surface area (TPSA) is 118 Å². The van der Waals surface area contributed by atoms with Crippen LogP contribution in [0.1, 0.15) is 54.5 Å². The van der Waals surface area contributed by atoms with E-state index in [0.717, 1.165) is 12.8 Å². The van der Waals surface area contributed by atoms with Crippen LogP contribution in [0.15, 0.2) is 65.3 Å². The largest absolute Gasteiger partial charge is 0.459 e. The molecule has 2 aromatic carbocycles. The molecule has 1 aromatic heterocycles. The average molecular weight is 459 g/mol. The van der Waals surface area contributed by atoms with Crippen LogP contribution in [0.2, 0.25) is 0 Å². The first-order valence-corrected chi connectivity index (χ1v) is 10.9. The van der Waals surface area contributed by atoms with E-state index >= 15 is 0 Å². The Kier molecular flexibility index (Phi) is 5.69. The number of rotatable bonds is 6. The van der Waals surface area contributed by atoms with Crippen LogP contribution in [0.25, 0.3) is 0 Å². The number of carbonyl (C=O) groups excluding carboxylic acids is 4. The summed E-state index contributed by atoms with van der Waals surface area (Å²) in [6.07, 6.45) is 3.00. The molecule has 34 heavy (non-hydrogen) atoms. The fourth-order valence-electron chi connectivity index (χ4n) is 4.03. The molecule has 9 heteroatoms. The van der Waals surface area contributed by atoms with E-state index < -0.39 is 11.8 Å². The lowest BCUT2D eigenvalue weighted by atomic mass is 10.1. The van der Waals surface area contributed by atoms with Gasteiger partial charge in [-0.3, -0.25) is 24.1 Å². The first-order valence-electron chi connectivity index (χ1n) is 10.9. The van der Waals surface area contributed by atoms with Crippen LogP contribution < -0.4 is 10.6 Å². The highest BCUT2D eigenvalue weighted by Gasteiger charge is 2.37. The highest BCUT2D eigenvalue weighted by molar-refractivity contribution is 6.22. The second-order valence-electron chi connectivity index (χ2n) is 8.08. The molecule has 3 heterocycles. The molecule has 2 N–H and O–H groups in total. The number of carbonyl (C=O) groups is 4. The lowest BCUT2D eigenvalue weighted by Gasteiger charge is -2.17. The molecular weight excluding hydrogens is 438 g/mol. The minimum atomic E-state index is -0.423. The molecular formula is C25H21N3O6. The zero-order valence-corrected chi connectivity index (χ0v) is 18.1. The van der Waals surface area contributed by atoms with Gasteiger partial charge in [0.05, 0.1) is 30.0 Å². The van der Waals surface area contributed by atoms with Crippen LogP contribution >= 0.6 is 0 Å². The van der Waals surface area contributed by atoms with Crippen molar-refractivity contribution in [3.05, 3.63) is 83.3 Å². The van der Waals surface area contributed by atoms with Crippen molar-refractivity contribution >= 4 is 35.0 Å². The molecule has 4 amide bonds. The summed E-state index contributed by atoms with van der Waals surface area (Å²) in [5.41, 5.74) is 1.80. The van der Waals surface area contributed by atoms with E-state index in [1.54, 1.807) is 36.4 Å². The molecule has 0 aliphatic carbocycles. The summed E-state index contributed by atoms with van der Waals surface area (Å²) in [7, 11) is 0. The first kappa shape index (κ1) is 21.6. The lowest BCUT2D eigenvalue weighted by molar-refractivity contribution is 0.0475. The first-order chi connectivity index (χ1) is 16.5. The molecule has 5 rings (SSSR count). The normalized spacial score (nSPS) is 17.1. The maximum absolute atomic E-state index is 12.8. The second-order valence-corrected chi connectivity index (χ2v) is 8.08. The summed E-state index contributed by atoms with van der Waals surface area (Å²) in [5.74, 6) is -1.39. The molecule has 1 fully saturated rings. The number of benzene rings is 2. The molecule has 1 atom stereocenters. The number of furan rings is 1. The van der Waals surface area contributed by atoms with E-state index in [2.05, 4.69) is 10.6 Å². The third-order valence-electron chi connectivity index (χ3n) is 5.79. The van der Waals surface area contributed by atoms with Crippen LogP contribution in [0, 0.1) is 0 Å². The number of hydrogen-bond donors (Lipinski definition) is 2. The summed E-state index contributed by atoms with van der Waals surface area (Å²) in [6.45, 7) is 0.853. The predicted molar refractivity (Wildman–Crippen MR) is 122 cm³/mol. The van der Waals surface area contributed by atoms with E-state index in [4.69, 9.17) is 9.15 Å². The van der Waals surface area contributed by atoms with Gasteiger partial charge in [0.25, 0.3) is 23.6 Å². The molecule has 9 nitrogen and oxygen atoms in total. The van der Waals surface area contributed by atoms with Gasteiger partial charge in [0.1, 0.15) is 0 Å². The standard InChI is InChI=1S/C25H21N3O6/c29-22(26-16-6-8-17(9-7-16)27-23(30)21-4-2-12-34-21)15-5-10-19-20(13-15)25(32)28(24(19)31)14-18-3-1-11-33-18/h2,4-10,12-13,18H,1,3,11,14H2,(H,26,29)(H,27,30). The number of fused-ring (bicyclic) bond motifs is 1. The van der Waals surface area contributed by atoms with Gasteiger partial charge in [-0.25, -0.2) is 0 Å². The maximum atomic E-state index is 12.8. The van der Waals surface area contributed by atoms with Gasteiger partial charge in [-0.15, -0.1) is 0 Å². The Bertz CT molecular complexity index is 1260. The quantitative estimate of drug-likeness (QED) is 0.544. The van der Waals surface area contributed by atoms with Crippen molar-refractivity contribution < 1.29 is 28.3 Å². The van der Waals surface area contributed by atoms with Crippen molar-refractivity contribution in [2.75, 3.05) is 23.8 Å². The molecule has 2 aliphatic heterocycles. The minimum absolute atomic E-state index is 0.142. The predicted octanol–water partition coefficient (Wildman–Crippen LogP) is 3.56. The van der Waals surface area contributed by atoms with Gasteiger partial charge < -0.3 is 19.8 Å². The fourth-order valence-corrected chi connectivity index (χ4v) is 4.03. The Balaban J connectivity index is 1.24. The molecule has 3 aromatic rings. The van der Waals surface area contributed by atoms with Crippen molar-refractivity contribution in [1.82, 2.24) is 4.90 Å². The summed E-state index contributed by atoms with van der Waals surface area (Å²) in [4.78, 5) is 51.5. The highest BCUT2D eigenvalue weighted by atomic mass is 16.5. The summed E-state index contributed by atoms with van der Waals surface area (Å²) in [5, 5.41) is 5.45. The number of nitrogens with one attached hydrogen (secondary N) is 2. The number of imide groups is 1. The van der Waals surface area contributed by atoms with Gasteiger partial charge >= 0.3 is 0 Å². The Morgan fingerprint density at radius 2 is 1.62 bits per heavy atom. The molecule has 0 bridgehead atoms.